The van der Waals surface area contributed by atoms with Crippen LogP contribution >= 0.6 is 0 Å². The zero-order valence-electron chi connectivity index (χ0n) is 39.8. The Kier molecular flexibility index (Phi) is 39.0. The van der Waals surface area contributed by atoms with Gasteiger partial charge in [-0.1, -0.05) is 179 Å². The average Bonchev–Trinajstić information content (AvgIpc) is 3.27. The van der Waals surface area contributed by atoms with E-state index in [-0.39, 0.29) is 19.4 Å². The highest BCUT2D eigenvalue weighted by Crippen LogP contribution is 2.23. The van der Waals surface area contributed by atoms with Crippen LogP contribution in [-0.4, -0.2) is 88.4 Å². The number of carbonyl (C=O) groups excluding carboxylic acids is 2. The predicted molar refractivity (Wildman–Crippen MR) is 252 cm³/mol. The molecule has 0 aromatic rings. The van der Waals surface area contributed by atoms with Crippen molar-refractivity contribution in [3.05, 3.63) is 36.5 Å². The highest BCUT2D eigenvalue weighted by atomic mass is 16.7. The third-order valence-electron chi connectivity index (χ3n) is 11.7. The number of unbranched alkanes of at least 4 members (excludes halogenated alkanes) is 26. The lowest BCUT2D eigenvalue weighted by Gasteiger charge is -2.38. The van der Waals surface area contributed by atoms with Gasteiger partial charge in [0.15, 0.2) is 18.5 Å². The van der Waals surface area contributed by atoms with Crippen molar-refractivity contribution in [2.45, 2.75) is 263 Å². The van der Waals surface area contributed by atoms with Gasteiger partial charge < -0.3 is 39.4 Å². The number of carbonyl (C=O) groups is 3. The van der Waals surface area contributed by atoms with E-state index in [4.69, 9.17) is 18.9 Å². The van der Waals surface area contributed by atoms with Crippen LogP contribution in [0.15, 0.2) is 36.5 Å². The Bertz CT molecular complexity index is 1190. The third-order valence-corrected chi connectivity index (χ3v) is 11.7. The minimum Gasteiger partial charge on any atom is -0.479 e. The molecule has 0 bridgehead atoms. The topological polar surface area (TPSA) is 169 Å². The largest absolute Gasteiger partial charge is 0.479 e. The summed E-state index contributed by atoms with van der Waals surface area (Å²) >= 11 is 0. The Balaban J connectivity index is 2.31. The van der Waals surface area contributed by atoms with E-state index in [2.05, 4.69) is 50.3 Å². The van der Waals surface area contributed by atoms with Gasteiger partial charge in [0, 0.05) is 12.8 Å². The van der Waals surface area contributed by atoms with Gasteiger partial charge in [-0.15, -0.1) is 0 Å². The van der Waals surface area contributed by atoms with E-state index in [1.165, 1.54) is 135 Å². The van der Waals surface area contributed by atoms with Crippen LogP contribution in [0.1, 0.15) is 226 Å². The molecule has 0 saturated carbocycles. The molecule has 1 aliphatic heterocycles. The van der Waals surface area contributed by atoms with Gasteiger partial charge in [-0.3, -0.25) is 9.59 Å². The van der Waals surface area contributed by atoms with E-state index < -0.39 is 61.3 Å². The van der Waals surface area contributed by atoms with Crippen LogP contribution in [0.25, 0.3) is 0 Å². The molecule has 11 nitrogen and oxygen atoms in total. The summed E-state index contributed by atoms with van der Waals surface area (Å²) in [6.45, 7) is 3.81. The maximum atomic E-state index is 12.8. The van der Waals surface area contributed by atoms with Crippen LogP contribution in [-0.2, 0) is 33.3 Å². The summed E-state index contributed by atoms with van der Waals surface area (Å²) < 4.78 is 21.8. The fourth-order valence-corrected chi connectivity index (χ4v) is 7.67. The molecule has 6 unspecified atom stereocenters. The van der Waals surface area contributed by atoms with Gasteiger partial charge in [-0.2, -0.15) is 0 Å². The zero-order valence-corrected chi connectivity index (χ0v) is 39.8. The van der Waals surface area contributed by atoms with E-state index in [1.807, 2.05) is 0 Å². The lowest BCUT2D eigenvalue weighted by molar-refractivity contribution is -0.298. The standard InChI is InChI=1S/C52H92O11/c1-3-5-7-9-11-13-15-17-19-21-23-25-27-29-31-33-35-37-39-41-46(54)62-44(43-61-52-49(57)47(55)48(56)50(63-52)51(58)59)42-60-45(53)40-38-36-34-32-30-28-26-24-22-20-18-16-14-12-10-8-6-4-2/h14,16-17,19-20,22,44,47-50,52,55-57H,3-13,15,18,21,23-43H2,1-2H3,(H,58,59)/b16-14-,19-17-,22-20-. The molecule has 4 N–H and O–H groups in total. The number of ether oxygens (including phenoxy) is 4. The van der Waals surface area contributed by atoms with Crippen LogP contribution in [0.4, 0.5) is 0 Å². The van der Waals surface area contributed by atoms with Crippen molar-refractivity contribution >= 4 is 17.9 Å². The highest BCUT2D eigenvalue weighted by molar-refractivity contribution is 5.73. The lowest BCUT2D eigenvalue weighted by Crippen LogP contribution is -2.60. The summed E-state index contributed by atoms with van der Waals surface area (Å²) in [5.41, 5.74) is 0. The first-order valence-corrected chi connectivity index (χ1v) is 25.5. The summed E-state index contributed by atoms with van der Waals surface area (Å²) in [6.07, 6.45) is 40.4. The number of aliphatic carboxylic acids is 1. The van der Waals surface area contributed by atoms with E-state index in [1.54, 1.807) is 0 Å². The number of esters is 2. The van der Waals surface area contributed by atoms with Crippen LogP contribution in [0.5, 0.6) is 0 Å². The number of aliphatic hydroxyl groups excluding tert-OH is 3. The Morgan fingerprint density at radius 3 is 1.35 bits per heavy atom. The SMILES string of the molecule is CCCCCC/C=C\C/C=C\CCCCCCCCCC(=O)OCC(COC1OC(C(=O)O)C(O)C(O)C1O)OC(=O)CCCCCCCCCCC/C=C\CCCCCCCC. The first-order chi connectivity index (χ1) is 30.7. The van der Waals surface area contributed by atoms with Crippen molar-refractivity contribution in [2.24, 2.45) is 0 Å². The fraction of sp³-hybridized carbons (Fsp3) is 0.827. The van der Waals surface area contributed by atoms with E-state index in [0.29, 0.717) is 12.8 Å². The molecule has 0 aromatic heterocycles. The number of carboxylic acid groups (broad SMARTS) is 1. The summed E-state index contributed by atoms with van der Waals surface area (Å²) in [7, 11) is 0. The average molecular weight is 893 g/mol. The van der Waals surface area contributed by atoms with Crippen molar-refractivity contribution in [1.29, 1.82) is 0 Å². The third kappa shape index (κ3) is 33.6. The second kappa shape index (κ2) is 42.1. The molecule has 1 heterocycles. The maximum Gasteiger partial charge on any atom is 0.335 e. The van der Waals surface area contributed by atoms with Gasteiger partial charge in [-0.25, -0.2) is 4.79 Å². The molecule has 0 radical (unpaired) electrons. The molecule has 6 atom stereocenters. The molecule has 0 amide bonds. The van der Waals surface area contributed by atoms with Crippen molar-refractivity contribution in [3.8, 4) is 0 Å². The Morgan fingerprint density at radius 1 is 0.492 bits per heavy atom. The van der Waals surface area contributed by atoms with Crippen LogP contribution in [0.3, 0.4) is 0 Å². The van der Waals surface area contributed by atoms with Crippen molar-refractivity contribution in [2.75, 3.05) is 13.2 Å². The molecule has 11 heteroatoms. The molecular weight excluding hydrogens is 801 g/mol. The van der Waals surface area contributed by atoms with Crippen molar-refractivity contribution < 1.29 is 53.8 Å². The molecule has 63 heavy (non-hydrogen) atoms. The summed E-state index contributed by atoms with van der Waals surface area (Å²) in [5, 5.41) is 39.9. The number of allylic oxidation sites excluding steroid dienone is 6. The molecule has 1 fully saturated rings. The molecule has 0 spiro atoms. The zero-order chi connectivity index (χ0) is 46.0. The number of aliphatic hydroxyl groups is 3. The molecule has 0 aliphatic carbocycles. The van der Waals surface area contributed by atoms with Gasteiger partial charge in [0.1, 0.15) is 24.9 Å². The van der Waals surface area contributed by atoms with E-state index in [0.717, 1.165) is 51.4 Å². The van der Waals surface area contributed by atoms with Gasteiger partial charge in [0.2, 0.25) is 0 Å². The molecule has 1 rings (SSSR count). The van der Waals surface area contributed by atoms with E-state index >= 15 is 0 Å². The molecular formula is C52H92O11. The Morgan fingerprint density at radius 2 is 0.889 bits per heavy atom. The van der Waals surface area contributed by atoms with Gasteiger partial charge >= 0.3 is 17.9 Å². The lowest BCUT2D eigenvalue weighted by atomic mass is 9.99. The van der Waals surface area contributed by atoms with Gasteiger partial charge in [0.25, 0.3) is 0 Å². The van der Waals surface area contributed by atoms with Crippen LogP contribution < -0.4 is 0 Å². The normalized spacial score (nSPS) is 19.7. The van der Waals surface area contributed by atoms with Crippen LogP contribution in [0.2, 0.25) is 0 Å². The van der Waals surface area contributed by atoms with Crippen molar-refractivity contribution in [3.63, 3.8) is 0 Å². The monoisotopic (exact) mass is 893 g/mol. The fourth-order valence-electron chi connectivity index (χ4n) is 7.67. The number of hydrogen-bond acceptors (Lipinski definition) is 10. The van der Waals surface area contributed by atoms with Crippen molar-refractivity contribution in [1.82, 2.24) is 0 Å². The first kappa shape index (κ1) is 58.4. The number of carboxylic acids is 1. The minimum atomic E-state index is -1.86. The smallest absolute Gasteiger partial charge is 0.335 e. The summed E-state index contributed by atoms with van der Waals surface area (Å²) in [5.74, 6) is -2.45. The maximum absolute atomic E-state index is 12.8. The summed E-state index contributed by atoms with van der Waals surface area (Å²) in [4.78, 5) is 37.0. The molecule has 1 aliphatic rings. The minimum absolute atomic E-state index is 0.180. The Labute approximate surface area is 382 Å². The molecule has 366 valence electrons. The predicted octanol–water partition coefficient (Wildman–Crippen LogP) is 11.9. The molecule has 1 saturated heterocycles. The summed E-state index contributed by atoms with van der Waals surface area (Å²) in [6, 6.07) is 0. The Hall–Kier alpha value is -2.57. The van der Waals surface area contributed by atoms with Crippen LogP contribution in [0, 0.1) is 0 Å². The van der Waals surface area contributed by atoms with Gasteiger partial charge in [0.05, 0.1) is 6.61 Å². The number of hydrogen-bond donors (Lipinski definition) is 4. The number of rotatable bonds is 43. The quantitative estimate of drug-likeness (QED) is 0.0261. The van der Waals surface area contributed by atoms with Gasteiger partial charge in [-0.05, 0) is 70.6 Å². The van der Waals surface area contributed by atoms with E-state index in [9.17, 15) is 34.8 Å². The highest BCUT2D eigenvalue weighted by Gasteiger charge is 2.47. The first-order valence-electron chi connectivity index (χ1n) is 25.5. The second-order valence-electron chi connectivity index (χ2n) is 17.7. The molecule has 0 aromatic carbocycles. The second-order valence-corrected chi connectivity index (χ2v) is 17.7.